The lowest BCUT2D eigenvalue weighted by Gasteiger charge is -2.24. The number of rotatable bonds is 8. The van der Waals surface area contributed by atoms with Crippen molar-refractivity contribution in [3.05, 3.63) is 88.9 Å². The molecule has 3 aromatic carbocycles. The number of amides is 1. The number of hydrogen-bond acceptors (Lipinski definition) is 5. The first-order valence-electron chi connectivity index (χ1n) is 9.60. The highest BCUT2D eigenvalue weighted by Crippen LogP contribution is 2.26. The number of nitrogens with one attached hydrogen (secondary N) is 1. The maximum Gasteiger partial charge on any atom is 0.264 e. The van der Waals surface area contributed by atoms with Gasteiger partial charge in [0, 0.05) is 5.02 Å². The van der Waals surface area contributed by atoms with Crippen LogP contribution in [-0.2, 0) is 14.8 Å². The van der Waals surface area contributed by atoms with Crippen molar-refractivity contribution in [2.75, 3.05) is 18.0 Å². The standard InChI is InChI=1S/C23H22ClN3O4S/c1-17-9-11-22(12-10-17)32(29,30)27(20-7-4-6-19(24)14-20)16-23(28)26-25-15-18-5-3-8-21(13-18)31-2/h3-15H,16H2,1-2H3,(H,26,28)/b25-15-. The Bertz CT molecular complexity index is 1230. The molecule has 32 heavy (non-hydrogen) atoms. The zero-order valence-corrected chi connectivity index (χ0v) is 19.1. The van der Waals surface area contributed by atoms with E-state index in [-0.39, 0.29) is 10.6 Å². The molecule has 0 bridgehead atoms. The quantitative estimate of drug-likeness (QED) is 0.397. The van der Waals surface area contributed by atoms with Gasteiger partial charge in [-0.2, -0.15) is 5.10 Å². The number of nitrogens with zero attached hydrogens (tertiary/aromatic N) is 2. The van der Waals surface area contributed by atoms with Crippen molar-refractivity contribution in [2.45, 2.75) is 11.8 Å². The minimum absolute atomic E-state index is 0.0655. The Kier molecular flexibility index (Phi) is 7.50. The molecule has 0 spiro atoms. The molecular weight excluding hydrogens is 450 g/mol. The van der Waals surface area contributed by atoms with Crippen LogP contribution in [-0.4, -0.2) is 34.2 Å². The fourth-order valence-electron chi connectivity index (χ4n) is 2.85. The summed E-state index contributed by atoms with van der Waals surface area (Å²) >= 11 is 6.06. The fraction of sp³-hybridized carbons (Fsp3) is 0.130. The van der Waals surface area contributed by atoms with Crippen LogP contribution in [0.1, 0.15) is 11.1 Å². The van der Waals surface area contributed by atoms with E-state index in [1.54, 1.807) is 61.7 Å². The predicted molar refractivity (Wildman–Crippen MR) is 126 cm³/mol. The van der Waals surface area contributed by atoms with Crippen LogP contribution in [0.2, 0.25) is 5.02 Å². The minimum Gasteiger partial charge on any atom is -0.497 e. The molecule has 166 valence electrons. The number of carbonyl (C=O) groups excluding carboxylic acids is 1. The van der Waals surface area contributed by atoms with Gasteiger partial charge in [-0.05, 0) is 55.0 Å². The number of sulfonamides is 1. The smallest absolute Gasteiger partial charge is 0.264 e. The lowest BCUT2D eigenvalue weighted by Crippen LogP contribution is -2.39. The molecule has 0 aliphatic carbocycles. The van der Waals surface area contributed by atoms with Gasteiger partial charge < -0.3 is 4.74 Å². The largest absolute Gasteiger partial charge is 0.497 e. The fourth-order valence-corrected chi connectivity index (χ4v) is 4.45. The van der Waals surface area contributed by atoms with Gasteiger partial charge >= 0.3 is 0 Å². The van der Waals surface area contributed by atoms with Crippen molar-refractivity contribution in [1.82, 2.24) is 5.43 Å². The summed E-state index contributed by atoms with van der Waals surface area (Å²) in [6.45, 7) is 1.38. The van der Waals surface area contributed by atoms with Gasteiger partial charge in [-0.15, -0.1) is 0 Å². The molecule has 0 radical (unpaired) electrons. The second-order valence-electron chi connectivity index (χ2n) is 6.87. The maximum absolute atomic E-state index is 13.3. The number of methoxy groups -OCH3 is 1. The van der Waals surface area contributed by atoms with Gasteiger partial charge in [0.2, 0.25) is 0 Å². The molecule has 9 heteroatoms. The monoisotopic (exact) mass is 471 g/mol. The molecule has 0 saturated heterocycles. The Morgan fingerprint density at radius 2 is 1.81 bits per heavy atom. The second kappa shape index (κ2) is 10.3. The minimum atomic E-state index is -4.02. The molecule has 0 aliphatic heterocycles. The number of benzene rings is 3. The molecule has 0 atom stereocenters. The maximum atomic E-state index is 13.3. The summed E-state index contributed by atoms with van der Waals surface area (Å²) in [6.07, 6.45) is 1.44. The summed E-state index contributed by atoms with van der Waals surface area (Å²) in [7, 11) is -2.47. The zero-order valence-electron chi connectivity index (χ0n) is 17.5. The summed E-state index contributed by atoms with van der Waals surface area (Å²) in [5, 5.41) is 4.27. The first-order chi connectivity index (χ1) is 15.3. The van der Waals surface area contributed by atoms with Crippen molar-refractivity contribution in [2.24, 2.45) is 5.10 Å². The normalized spacial score (nSPS) is 11.3. The molecule has 0 aromatic heterocycles. The molecule has 1 amide bonds. The molecule has 0 heterocycles. The van der Waals surface area contributed by atoms with E-state index in [4.69, 9.17) is 16.3 Å². The van der Waals surface area contributed by atoms with Gasteiger partial charge in [0.25, 0.3) is 15.9 Å². The molecule has 0 saturated carbocycles. The van der Waals surface area contributed by atoms with Crippen molar-refractivity contribution in [1.29, 1.82) is 0 Å². The van der Waals surface area contributed by atoms with Gasteiger partial charge in [-0.1, -0.05) is 47.5 Å². The van der Waals surface area contributed by atoms with E-state index in [0.29, 0.717) is 16.3 Å². The van der Waals surface area contributed by atoms with Crippen molar-refractivity contribution >= 4 is 39.4 Å². The van der Waals surface area contributed by atoms with Crippen LogP contribution in [0.4, 0.5) is 5.69 Å². The first kappa shape index (κ1) is 23.3. The summed E-state index contributed by atoms with van der Waals surface area (Å²) in [4.78, 5) is 12.6. The SMILES string of the molecule is COc1cccc(/C=N\NC(=O)CN(c2cccc(Cl)c2)S(=O)(=O)c2ccc(C)cc2)c1. The van der Waals surface area contributed by atoms with Gasteiger partial charge in [0.1, 0.15) is 12.3 Å². The van der Waals surface area contributed by atoms with E-state index < -0.39 is 22.5 Å². The van der Waals surface area contributed by atoms with E-state index in [9.17, 15) is 13.2 Å². The summed E-state index contributed by atoms with van der Waals surface area (Å²) < 4.78 is 32.8. The molecular formula is C23H22ClN3O4S. The van der Waals surface area contributed by atoms with Gasteiger partial charge in [-0.3, -0.25) is 9.10 Å². The molecule has 1 N–H and O–H groups in total. The van der Waals surface area contributed by atoms with Crippen LogP contribution < -0.4 is 14.5 Å². The van der Waals surface area contributed by atoms with Crippen molar-refractivity contribution in [3.8, 4) is 5.75 Å². The van der Waals surface area contributed by atoms with Crippen LogP contribution in [0.5, 0.6) is 5.75 Å². The highest BCUT2D eigenvalue weighted by Gasteiger charge is 2.27. The second-order valence-corrected chi connectivity index (χ2v) is 9.17. The Balaban J connectivity index is 1.83. The molecule has 0 aliphatic rings. The van der Waals surface area contributed by atoms with Crippen LogP contribution >= 0.6 is 11.6 Å². The highest BCUT2D eigenvalue weighted by molar-refractivity contribution is 7.92. The number of hydrazone groups is 1. The lowest BCUT2D eigenvalue weighted by atomic mass is 10.2. The van der Waals surface area contributed by atoms with E-state index in [0.717, 1.165) is 9.87 Å². The zero-order chi connectivity index (χ0) is 23.1. The number of hydrogen-bond donors (Lipinski definition) is 1. The van der Waals surface area contributed by atoms with Gasteiger partial charge in [0.05, 0.1) is 23.9 Å². The third-order valence-corrected chi connectivity index (χ3v) is 6.51. The van der Waals surface area contributed by atoms with Crippen molar-refractivity contribution in [3.63, 3.8) is 0 Å². The van der Waals surface area contributed by atoms with E-state index in [1.807, 2.05) is 6.92 Å². The predicted octanol–water partition coefficient (Wildman–Crippen LogP) is 4.00. The number of aryl methyl sites for hydroxylation is 1. The number of anilines is 1. The molecule has 7 nitrogen and oxygen atoms in total. The number of halogens is 1. The van der Waals surface area contributed by atoms with E-state index in [1.165, 1.54) is 24.4 Å². The molecule has 0 fully saturated rings. The Morgan fingerprint density at radius 3 is 2.50 bits per heavy atom. The first-order valence-corrected chi connectivity index (χ1v) is 11.4. The van der Waals surface area contributed by atoms with Crippen molar-refractivity contribution < 1.29 is 17.9 Å². The third kappa shape index (κ3) is 5.87. The van der Waals surface area contributed by atoms with Crippen LogP contribution in [0.25, 0.3) is 0 Å². The average molecular weight is 472 g/mol. The summed E-state index contributed by atoms with van der Waals surface area (Å²) in [5.74, 6) is 0.0383. The Morgan fingerprint density at radius 1 is 1.09 bits per heavy atom. The van der Waals surface area contributed by atoms with Crippen LogP contribution in [0.15, 0.2) is 82.8 Å². The summed E-state index contributed by atoms with van der Waals surface area (Å²) in [6, 6.07) is 19.8. The molecule has 0 unspecified atom stereocenters. The number of ether oxygens (including phenoxy) is 1. The molecule has 3 aromatic rings. The summed E-state index contributed by atoms with van der Waals surface area (Å²) in [5.41, 5.74) is 4.27. The van der Waals surface area contributed by atoms with Gasteiger partial charge in [-0.25, -0.2) is 13.8 Å². The third-order valence-electron chi connectivity index (χ3n) is 4.49. The highest BCUT2D eigenvalue weighted by atomic mass is 35.5. The van der Waals surface area contributed by atoms with Gasteiger partial charge in [0.15, 0.2) is 0 Å². The Labute approximate surface area is 192 Å². The lowest BCUT2D eigenvalue weighted by molar-refractivity contribution is -0.119. The van der Waals surface area contributed by atoms with E-state index >= 15 is 0 Å². The topological polar surface area (TPSA) is 88.1 Å². The average Bonchev–Trinajstić information content (AvgIpc) is 2.78. The van der Waals surface area contributed by atoms with Crippen LogP contribution in [0, 0.1) is 6.92 Å². The number of carbonyl (C=O) groups is 1. The molecule has 3 rings (SSSR count). The Hall–Kier alpha value is -3.36. The van der Waals surface area contributed by atoms with Crippen LogP contribution in [0.3, 0.4) is 0 Å². The van der Waals surface area contributed by atoms with E-state index in [2.05, 4.69) is 10.5 Å².